The lowest BCUT2D eigenvalue weighted by molar-refractivity contribution is 0.0810. The van der Waals surface area contributed by atoms with Gasteiger partial charge in [0.2, 0.25) is 0 Å². The lowest BCUT2D eigenvalue weighted by Crippen LogP contribution is -2.44. The predicted molar refractivity (Wildman–Crippen MR) is 71.5 cm³/mol. The van der Waals surface area contributed by atoms with E-state index in [9.17, 15) is 9.90 Å². The fourth-order valence-electron chi connectivity index (χ4n) is 2.05. The summed E-state index contributed by atoms with van der Waals surface area (Å²) >= 11 is 0. The van der Waals surface area contributed by atoms with Crippen LogP contribution in [0.1, 0.15) is 5.56 Å². The molecule has 2 amide bonds. The van der Waals surface area contributed by atoms with E-state index in [1.165, 1.54) is 6.08 Å². The van der Waals surface area contributed by atoms with Gasteiger partial charge in [0.25, 0.3) is 0 Å². The molecule has 3 N–H and O–H groups in total. The fraction of sp³-hybridized carbons (Fsp3) is 0.357. The standard InChI is InChI=1S/C14H18N2O3/c1-2-12(17)13-11(15-14(18)16-13)9-19-8-10-6-4-3-5-7-10/h2-7,11-13,17H,1,8-9H2,(H2,15,16,18)/t11-,12?,13+/m1/s1. The minimum atomic E-state index is -0.788. The van der Waals surface area contributed by atoms with E-state index in [0.29, 0.717) is 13.2 Å². The highest BCUT2D eigenvalue weighted by molar-refractivity contribution is 5.77. The molecule has 1 aromatic rings. The van der Waals surface area contributed by atoms with Crippen LogP contribution in [0.5, 0.6) is 0 Å². The molecule has 1 saturated heterocycles. The number of aliphatic hydroxyl groups is 1. The van der Waals surface area contributed by atoms with Crippen LogP contribution in [-0.2, 0) is 11.3 Å². The third-order valence-corrected chi connectivity index (χ3v) is 3.07. The molecule has 0 aliphatic carbocycles. The first kappa shape index (κ1) is 13.6. The van der Waals surface area contributed by atoms with Gasteiger partial charge in [-0.1, -0.05) is 36.4 Å². The third-order valence-electron chi connectivity index (χ3n) is 3.07. The van der Waals surface area contributed by atoms with Crippen LogP contribution in [0.3, 0.4) is 0 Å². The van der Waals surface area contributed by atoms with Crippen LogP contribution in [0.15, 0.2) is 43.0 Å². The molecule has 0 saturated carbocycles. The predicted octanol–water partition coefficient (Wildman–Crippen LogP) is 0.800. The molecule has 5 nitrogen and oxygen atoms in total. The van der Waals surface area contributed by atoms with Crippen LogP contribution < -0.4 is 10.6 Å². The van der Waals surface area contributed by atoms with Crippen molar-refractivity contribution in [3.63, 3.8) is 0 Å². The van der Waals surface area contributed by atoms with Gasteiger partial charge in [-0.25, -0.2) is 4.79 Å². The zero-order valence-corrected chi connectivity index (χ0v) is 10.6. The zero-order valence-electron chi connectivity index (χ0n) is 10.6. The first-order valence-electron chi connectivity index (χ1n) is 6.20. The number of hydrogen-bond donors (Lipinski definition) is 3. The molecule has 0 aromatic heterocycles. The molecule has 0 radical (unpaired) electrons. The van der Waals surface area contributed by atoms with E-state index < -0.39 is 12.1 Å². The second kappa shape index (κ2) is 6.36. The fourth-order valence-corrected chi connectivity index (χ4v) is 2.05. The third kappa shape index (κ3) is 3.56. The molecular weight excluding hydrogens is 244 g/mol. The highest BCUT2D eigenvalue weighted by Gasteiger charge is 2.35. The van der Waals surface area contributed by atoms with Crippen molar-refractivity contribution in [1.29, 1.82) is 0 Å². The summed E-state index contributed by atoms with van der Waals surface area (Å²) in [5.74, 6) is 0. The molecule has 2 rings (SSSR count). The molecular formula is C14H18N2O3. The summed E-state index contributed by atoms with van der Waals surface area (Å²) < 4.78 is 5.58. The SMILES string of the molecule is C=CC(O)[C@H]1NC(=O)N[C@@H]1COCc1ccccc1. The maximum absolute atomic E-state index is 11.3. The topological polar surface area (TPSA) is 70.6 Å². The van der Waals surface area contributed by atoms with Gasteiger partial charge in [0.15, 0.2) is 0 Å². The molecule has 3 atom stereocenters. The second-order valence-corrected chi connectivity index (χ2v) is 4.48. The Bertz CT molecular complexity index is 436. The van der Waals surface area contributed by atoms with Crippen molar-refractivity contribution >= 4 is 6.03 Å². The minimum absolute atomic E-state index is 0.260. The van der Waals surface area contributed by atoms with E-state index in [2.05, 4.69) is 17.2 Å². The van der Waals surface area contributed by atoms with Gasteiger partial charge < -0.3 is 20.5 Å². The van der Waals surface area contributed by atoms with E-state index in [1.807, 2.05) is 30.3 Å². The molecule has 1 aliphatic rings. The Balaban J connectivity index is 1.84. The van der Waals surface area contributed by atoms with Crippen molar-refractivity contribution in [3.05, 3.63) is 48.6 Å². The summed E-state index contributed by atoms with van der Waals surface area (Å²) in [6, 6.07) is 8.83. The molecule has 1 aliphatic heterocycles. The number of urea groups is 1. The van der Waals surface area contributed by atoms with Crippen molar-refractivity contribution in [2.24, 2.45) is 0 Å². The highest BCUT2D eigenvalue weighted by Crippen LogP contribution is 2.09. The smallest absolute Gasteiger partial charge is 0.315 e. The number of aliphatic hydroxyl groups excluding tert-OH is 1. The first-order valence-corrected chi connectivity index (χ1v) is 6.20. The Hall–Kier alpha value is -1.85. The molecule has 0 bridgehead atoms. The Labute approximate surface area is 112 Å². The van der Waals surface area contributed by atoms with Crippen LogP contribution in [0.2, 0.25) is 0 Å². The van der Waals surface area contributed by atoms with Crippen LogP contribution in [0.4, 0.5) is 4.79 Å². The van der Waals surface area contributed by atoms with Crippen LogP contribution in [0, 0.1) is 0 Å². The van der Waals surface area contributed by atoms with E-state index >= 15 is 0 Å². The van der Waals surface area contributed by atoms with Gasteiger partial charge in [0, 0.05) is 0 Å². The van der Waals surface area contributed by atoms with Crippen molar-refractivity contribution in [2.75, 3.05) is 6.61 Å². The summed E-state index contributed by atoms with van der Waals surface area (Å²) in [7, 11) is 0. The van der Waals surface area contributed by atoms with Crippen LogP contribution in [-0.4, -0.2) is 35.9 Å². The lowest BCUT2D eigenvalue weighted by Gasteiger charge is -2.21. The monoisotopic (exact) mass is 262 g/mol. The van der Waals surface area contributed by atoms with Gasteiger partial charge in [-0.2, -0.15) is 0 Å². The Kier molecular flexibility index (Phi) is 4.54. The van der Waals surface area contributed by atoms with Gasteiger partial charge in [0.1, 0.15) is 0 Å². The first-order chi connectivity index (χ1) is 9.20. The molecule has 5 heteroatoms. The number of carbonyl (C=O) groups excluding carboxylic acids is 1. The Morgan fingerprint density at radius 3 is 2.79 bits per heavy atom. The number of benzene rings is 1. The number of ether oxygens (including phenoxy) is 1. The molecule has 1 aromatic carbocycles. The number of rotatable bonds is 6. The van der Waals surface area contributed by atoms with Crippen molar-refractivity contribution in [1.82, 2.24) is 10.6 Å². The zero-order chi connectivity index (χ0) is 13.7. The maximum Gasteiger partial charge on any atom is 0.315 e. The Morgan fingerprint density at radius 1 is 1.37 bits per heavy atom. The normalized spacial score (nSPS) is 23.5. The highest BCUT2D eigenvalue weighted by atomic mass is 16.5. The number of amides is 2. The van der Waals surface area contributed by atoms with Gasteiger partial charge in [-0.3, -0.25) is 0 Å². The average Bonchev–Trinajstić information content (AvgIpc) is 2.80. The summed E-state index contributed by atoms with van der Waals surface area (Å²) in [5, 5.41) is 15.1. The largest absolute Gasteiger partial charge is 0.387 e. The van der Waals surface area contributed by atoms with Crippen molar-refractivity contribution in [3.8, 4) is 0 Å². The van der Waals surface area contributed by atoms with E-state index in [0.717, 1.165) is 5.56 Å². The van der Waals surface area contributed by atoms with E-state index in [-0.39, 0.29) is 12.1 Å². The quantitative estimate of drug-likeness (QED) is 0.664. The van der Waals surface area contributed by atoms with E-state index in [1.54, 1.807) is 0 Å². The maximum atomic E-state index is 11.3. The summed E-state index contributed by atoms with van der Waals surface area (Å²) in [5.41, 5.74) is 1.07. The average molecular weight is 262 g/mol. The van der Waals surface area contributed by atoms with Gasteiger partial charge in [0.05, 0.1) is 31.4 Å². The van der Waals surface area contributed by atoms with Gasteiger partial charge >= 0.3 is 6.03 Å². The number of nitrogens with one attached hydrogen (secondary N) is 2. The number of carbonyl (C=O) groups is 1. The summed E-state index contributed by atoms with van der Waals surface area (Å²) in [4.78, 5) is 11.3. The summed E-state index contributed by atoms with van der Waals surface area (Å²) in [6.07, 6.45) is 0.617. The van der Waals surface area contributed by atoms with Crippen LogP contribution in [0.25, 0.3) is 0 Å². The molecule has 1 heterocycles. The van der Waals surface area contributed by atoms with Gasteiger partial charge in [-0.05, 0) is 5.56 Å². The van der Waals surface area contributed by atoms with Crippen molar-refractivity contribution in [2.45, 2.75) is 24.8 Å². The molecule has 1 unspecified atom stereocenters. The van der Waals surface area contributed by atoms with E-state index in [4.69, 9.17) is 4.74 Å². The minimum Gasteiger partial charge on any atom is -0.387 e. The lowest BCUT2D eigenvalue weighted by atomic mass is 10.1. The molecule has 0 spiro atoms. The van der Waals surface area contributed by atoms with Crippen LogP contribution >= 0.6 is 0 Å². The molecule has 102 valence electrons. The molecule has 1 fully saturated rings. The van der Waals surface area contributed by atoms with Crippen molar-refractivity contribution < 1.29 is 14.6 Å². The number of hydrogen-bond acceptors (Lipinski definition) is 3. The second-order valence-electron chi connectivity index (χ2n) is 4.48. The Morgan fingerprint density at radius 2 is 2.11 bits per heavy atom. The molecule has 19 heavy (non-hydrogen) atoms. The summed E-state index contributed by atoms with van der Waals surface area (Å²) in [6.45, 7) is 4.34. The van der Waals surface area contributed by atoms with Gasteiger partial charge in [-0.15, -0.1) is 6.58 Å².